The Morgan fingerprint density at radius 3 is 2.88 bits per heavy atom. The number of hydrogen-bond donors (Lipinski definition) is 2. The zero-order chi connectivity index (χ0) is 5.98. The summed E-state index contributed by atoms with van der Waals surface area (Å²) in [6, 6.07) is 0. The van der Waals surface area contributed by atoms with Crippen molar-refractivity contribution in [2.45, 2.75) is 5.37 Å². The summed E-state index contributed by atoms with van der Waals surface area (Å²) in [4.78, 5) is 10.3. The van der Waals surface area contributed by atoms with E-state index in [1.54, 1.807) is 11.8 Å². The highest BCUT2D eigenvalue weighted by Gasteiger charge is 2.18. The molecule has 3 N–H and O–H groups in total. The van der Waals surface area contributed by atoms with Crippen molar-refractivity contribution in [2.24, 2.45) is 5.73 Å². The average Bonchev–Trinajstić information content (AvgIpc) is 2.12. The van der Waals surface area contributed by atoms with Crippen LogP contribution < -0.4 is 11.1 Å². The first-order chi connectivity index (χ1) is 3.80. The van der Waals surface area contributed by atoms with Crippen LogP contribution in [0.1, 0.15) is 0 Å². The molecule has 1 fully saturated rings. The molecule has 8 heavy (non-hydrogen) atoms. The summed E-state index contributed by atoms with van der Waals surface area (Å²) in [5.41, 5.74) is 4.98. The Kier molecular flexibility index (Phi) is 1.75. The molecule has 46 valence electrons. The number of thioether (sulfide) groups is 1. The molecule has 0 radical (unpaired) electrons. The minimum Gasteiger partial charge on any atom is -0.368 e. The first kappa shape index (κ1) is 5.91. The third kappa shape index (κ3) is 1.14. The van der Waals surface area contributed by atoms with Crippen LogP contribution in [0.5, 0.6) is 0 Å². The van der Waals surface area contributed by atoms with Gasteiger partial charge in [0, 0.05) is 12.3 Å². The van der Waals surface area contributed by atoms with Crippen molar-refractivity contribution < 1.29 is 4.79 Å². The van der Waals surface area contributed by atoms with Crippen LogP contribution in [0.25, 0.3) is 0 Å². The van der Waals surface area contributed by atoms with Crippen LogP contribution in [0.2, 0.25) is 0 Å². The van der Waals surface area contributed by atoms with Crippen molar-refractivity contribution in [3.05, 3.63) is 0 Å². The summed E-state index contributed by atoms with van der Waals surface area (Å²) in [7, 11) is 0. The molecule has 1 amide bonds. The normalized spacial score (nSPS) is 28.2. The summed E-state index contributed by atoms with van der Waals surface area (Å²) >= 11 is 1.56. The van der Waals surface area contributed by atoms with Crippen molar-refractivity contribution in [3.8, 4) is 0 Å². The zero-order valence-corrected chi connectivity index (χ0v) is 5.20. The van der Waals surface area contributed by atoms with Gasteiger partial charge in [-0.05, 0) is 0 Å². The zero-order valence-electron chi connectivity index (χ0n) is 4.39. The molecular weight excluding hydrogens is 124 g/mol. The molecule has 4 heteroatoms. The Balaban J connectivity index is 2.35. The Morgan fingerprint density at radius 1 is 1.88 bits per heavy atom. The highest BCUT2D eigenvalue weighted by atomic mass is 32.2. The third-order valence-corrected chi connectivity index (χ3v) is 2.15. The van der Waals surface area contributed by atoms with Gasteiger partial charge in [0.25, 0.3) is 0 Å². The fourth-order valence-electron chi connectivity index (χ4n) is 0.608. The van der Waals surface area contributed by atoms with Gasteiger partial charge in [-0.1, -0.05) is 0 Å². The molecule has 0 aliphatic carbocycles. The van der Waals surface area contributed by atoms with Crippen LogP contribution in [0.3, 0.4) is 0 Å². The average molecular weight is 132 g/mol. The predicted molar refractivity (Wildman–Crippen MR) is 33.4 cm³/mol. The summed E-state index contributed by atoms with van der Waals surface area (Å²) < 4.78 is 0. The van der Waals surface area contributed by atoms with Gasteiger partial charge in [0.05, 0.1) is 0 Å². The maximum Gasteiger partial charge on any atom is 0.244 e. The first-order valence-corrected chi connectivity index (χ1v) is 3.50. The Bertz CT molecular complexity index is 100. The second kappa shape index (κ2) is 2.37. The predicted octanol–water partition coefficient (Wildman–Crippen LogP) is -0.866. The number of amides is 1. The van der Waals surface area contributed by atoms with Gasteiger partial charge < -0.3 is 5.73 Å². The molecule has 0 aromatic carbocycles. The van der Waals surface area contributed by atoms with Gasteiger partial charge in [-0.3, -0.25) is 10.1 Å². The molecule has 1 atom stereocenters. The fourth-order valence-corrected chi connectivity index (χ4v) is 1.48. The number of carbonyl (C=O) groups is 1. The van der Waals surface area contributed by atoms with Crippen LogP contribution in [0, 0.1) is 0 Å². The smallest absolute Gasteiger partial charge is 0.244 e. The number of rotatable bonds is 1. The van der Waals surface area contributed by atoms with E-state index in [1.165, 1.54) is 0 Å². The van der Waals surface area contributed by atoms with E-state index in [1.807, 2.05) is 0 Å². The van der Waals surface area contributed by atoms with Crippen LogP contribution >= 0.6 is 11.8 Å². The second-order valence-corrected chi connectivity index (χ2v) is 2.82. The van der Waals surface area contributed by atoms with Gasteiger partial charge in [0.2, 0.25) is 5.91 Å². The molecule has 1 heterocycles. The van der Waals surface area contributed by atoms with Gasteiger partial charge in [-0.15, -0.1) is 11.8 Å². The molecule has 0 aromatic heterocycles. The lowest BCUT2D eigenvalue weighted by atomic mass is 10.6. The van der Waals surface area contributed by atoms with Crippen LogP contribution in [0.15, 0.2) is 0 Å². The van der Waals surface area contributed by atoms with Crippen LogP contribution in [-0.2, 0) is 4.79 Å². The Morgan fingerprint density at radius 2 is 2.62 bits per heavy atom. The van der Waals surface area contributed by atoms with E-state index >= 15 is 0 Å². The summed E-state index contributed by atoms with van der Waals surface area (Å²) in [6.07, 6.45) is 0. The molecule has 1 saturated heterocycles. The maximum absolute atomic E-state index is 10.3. The van der Waals surface area contributed by atoms with E-state index < -0.39 is 0 Å². The molecule has 0 aromatic rings. The van der Waals surface area contributed by atoms with Crippen molar-refractivity contribution >= 4 is 17.7 Å². The number of carbonyl (C=O) groups excluding carboxylic acids is 1. The fraction of sp³-hybridized carbons (Fsp3) is 0.750. The third-order valence-electron chi connectivity index (χ3n) is 0.975. The van der Waals surface area contributed by atoms with E-state index in [2.05, 4.69) is 5.32 Å². The van der Waals surface area contributed by atoms with E-state index in [0.29, 0.717) is 0 Å². The van der Waals surface area contributed by atoms with E-state index in [9.17, 15) is 4.79 Å². The van der Waals surface area contributed by atoms with Gasteiger partial charge in [-0.2, -0.15) is 0 Å². The topological polar surface area (TPSA) is 55.1 Å². The molecule has 1 aliphatic heterocycles. The summed E-state index contributed by atoms with van der Waals surface area (Å²) in [6.45, 7) is 0.901. The number of nitrogens with one attached hydrogen (secondary N) is 1. The molecular formula is C4H8N2OS. The van der Waals surface area contributed by atoms with Gasteiger partial charge in [-0.25, -0.2) is 0 Å². The van der Waals surface area contributed by atoms with Crippen molar-refractivity contribution in [1.29, 1.82) is 0 Å². The Hall–Kier alpha value is -0.220. The highest BCUT2D eigenvalue weighted by Crippen LogP contribution is 2.11. The lowest BCUT2D eigenvalue weighted by Crippen LogP contribution is -2.34. The van der Waals surface area contributed by atoms with Crippen molar-refractivity contribution in [3.63, 3.8) is 0 Å². The molecule has 0 unspecified atom stereocenters. The van der Waals surface area contributed by atoms with Crippen molar-refractivity contribution in [1.82, 2.24) is 5.32 Å². The lowest BCUT2D eigenvalue weighted by molar-refractivity contribution is -0.117. The number of primary amides is 1. The maximum atomic E-state index is 10.3. The molecule has 0 saturated carbocycles. The second-order valence-electron chi connectivity index (χ2n) is 1.61. The van der Waals surface area contributed by atoms with Crippen LogP contribution in [-0.4, -0.2) is 23.6 Å². The van der Waals surface area contributed by atoms with E-state index in [-0.39, 0.29) is 11.3 Å². The van der Waals surface area contributed by atoms with Crippen LogP contribution in [0.4, 0.5) is 0 Å². The largest absolute Gasteiger partial charge is 0.368 e. The standard InChI is InChI=1S/C4H8N2OS/c5-3(7)4-6-1-2-8-4/h4,6H,1-2H2,(H2,5,7)/t4-/m0/s1. The Labute approximate surface area is 52.0 Å². The van der Waals surface area contributed by atoms with E-state index in [0.717, 1.165) is 12.3 Å². The van der Waals surface area contributed by atoms with Gasteiger partial charge in [0.1, 0.15) is 5.37 Å². The monoisotopic (exact) mass is 132 g/mol. The van der Waals surface area contributed by atoms with Crippen molar-refractivity contribution in [2.75, 3.05) is 12.3 Å². The highest BCUT2D eigenvalue weighted by molar-refractivity contribution is 8.00. The summed E-state index contributed by atoms with van der Waals surface area (Å²) in [5, 5.41) is 2.81. The molecule has 1 aliphatic rings. The SMILES string of the molecule is NC(=O)[C@H]1NCCS1. The molecule has 1 rings (SSSR count). The van der Waals surface area contributed by atoms with Gasteiger partial charge >= 0.3 is 0 Å². The number of nitrogens with two attached hydrogens (primary N) is 1. The van der Waals surface area contributed by atoms with E-state index in [4.69, 9.17) is 5.73 Å². The minimum atomic E-state index is -0.257. The minimum absolute atomic E-state index is 0.130. The quantitative estimate of drug-likeness (QED) is 0.488. The molecule has 0 bridgehead atoms. The first-order valence-electron chi connectivity index (χ1n) is 2.45. The summed E-state index contributed by atoms with van der Waals surface area (Å²) in [5.74, 6) is 0.737. The molecule has 3 nitrogen and oxygen atoms in total. The molecule has 0 spiro atoms. The van der Waals surface area contributed by atoms with Gasteiger partial charge in [0.15, 0.2) is 0 Å². The lowest BCUT2D eigenvalue weighted by Gasteiger charge is -2.00. The number of hydrogen-bond acceptors (Lipinski definition) is 3.